The van der Waals surface area contributed by atoms with Gasteiger partial charge in [0, 0.05) is 12.7 Å². The first-order valence-corrected chi connectivity index (χ1v) is 5.71. The van der Waals surface area contributed by atoms with Crippen LogP contribution >= 0.6 is 0 Å². The SMILES string of the molecule is CNCc1ccc(-n2cc(C(N)=O)cn2)c(C)c1. The zero-order chi connectivity index (χ0) is 13.1. The van der Waals surface area contributed by atoms with Crippen LogP contribution in [-0.4, -0.2) is 22.7 Å². The molecule has 94 valence electrons. The molecule has 1 amide bonds. The molecular weight excluding hydrogens is 228 g/mol. The number of primary amides is 1. The van der Waals surface area contributed by atoms with Gasteiger partial charge in [-0.05, 0) is 31.2 Å². The zero-order valence-electron chi connectivity index (χ0n) is 10.5. The van der Waals surface area contributed by atoms with Crippen molar-refractivity contribution in [2.24, 2.45) is 5.73 Å². The van der Waals surface area contributed by atoms with Crippen LogP contribution in [0.15, 0.2) is 30.6 Å². The summed E-state index contributed by atoms with van der Waals surface area (Å²) in [5.41, 5.74) is 8.87. The minimum atomic E-state index is -0.467. The van der Waals surface area contributed by atoms with Gasteiger partial charge < -0.3 is 11.1 Å². The van der Waals surface area contributed by atoms with E-state index >= 15 is 0 Å². The van der Waals surface area contributed by atoms with Gasteiger partial charge in [-0.1, -0.05) is 12.1 Å². The van der Waals surface area contributed by atoms with Gasteiger partial charge in [-0.15, -0.1) is 0 Å². The number of carbonyl (C=O) groups excluding carboxylic acids is 1. The van der Waals surface area contributed by atoms with Gasteiger partial charge in [0.05, 0.1) is 17.4 Å². The summed E-state index contributed by atoms with van der Waals surface area (Å²) in [6.07, 6.45) is 3.12. The molecule has 0 radical (unpaired) electrons. The number of rotatable bonds is 4. The van der Waals surface area contributed by atoms with E-state index in [1.54, 1.807) is 10.9 Å². The van der Waals surface area contributed by atoms with E-state index in [9.17, 15) is 4.79 Å². The minimum absolute atomic E-state index is 0.411. The Kier molecular flexibility index (Phi) is 3.43. The third kappa shape index (κ3) is 2.41. The molecule has 0 bridgehead atoms. The second-order valence-electron chi connectivity index (χ2n) is 4.19. The molecule has 0 saturated heterocycles. The van der Waals surface area contributed by atoms with E-state index < -0.39 is 5.91 Å². The van der Waals surface area contributed by atoms with Gasteiger partial charge in [-0.2, -0.15) is 5.10 Å². The van der Waals surface area contributed by atoms with E-state index in [-0.39, 0.29) is 0 Å². The number of benzene rings is 1. The molecule has 0 atom stereocenters. The highest BCUT2D eigenvalue weighted by Gasteiger charge is 2.07. The topological polar surface area (TPSA) is 72.9 Å². The maximum Gasteiger partial charge on any atom is 0.251 e. The van der Waals surface area contributed by atoms with Crippen LogP contribution in [0, 0.1) is 6.92 Å². The molecule has 2 rings (SSSR count). The Labute approximate surface area is 106 Å². The first-order valence-electron chi connectivity index (χ1n) is 5.71. The standard InChI is InChI=1S/C13H16N4O/c1-9-5-10(6-15-2)3-4-12(9)17-8-11(7-16-17)13(14)18/h3-5,7-8,15H,6H2,1-2H3,(H2,14,18). The van der Waals surface area contributed by atoms with Crippen LogP contribution in [0.4, 0.5) is 0 Å². The highest BCUT2D eigenvalue weighted by molar-refractivity contribution is 5.92. The van der Waals surface area contributed by atoms with Crippen molar-refractivity contribution < 1.29 is 4.79 Å². The van der Waals surface area contributed by atoms with Crippen LogP contribution in [0.25, 0.3) is 5.69 Å². The highest BCUT2D eigenvalue weighted by atomic mass is 16.1. The number of nitrogens with one attached hydrogen (secondary N) is 1. The monoisotopic (exact) mass is 244 g/mol. The maximum absolute atomic E-state index is 11.0. The number of aryl methyl sites for hydroxylation is 1. The van der Waals surface area contributed by atoms with Crippen molar-refractivity contribution in [3.05, 3.63) is 47.3 Å². The number of hydrogen-bond donors (Lipinski definition) is 2. The molecule has 0 unspecified atom stereocenters. The molecule has 3 N–H and O–H groups in total. The van der Waals surface area contributed by atoms with Gasteiger partial charge in [-0.25, -0.2) is 4.68 Å². The zero-order valence-corrected chi connectivity index (χ0v) is 10.5. The Morgan fingerprint density at radius 3 is 2.83 bits per heavy atom. The van der Waals surface area contributed by atoms with Gasteiger partial charge >= 0.3 is 0 Å². The number of carbonyl (C=O) groups is 1. The van der Waals surface area contributed by atoms with E-state index in [1.807, 2.05) is 26.1 Å². The Bertz CT molecular complexity index is 574. The first-order chi connectivity index (χ1) is 8.61. The molecule has 1 aromatic heterocycles. The minimum Gasteiger partial charge on any atom is -0.366 e. The quantitative estimate of drug-likeness (QED) is 0.842. The van der Waals surface area contributed by atoms with Gasteiger partial charge in [0.2, 0.25) is 0 Å². The molecule has 0 aliphatic heterocycles. The summed E-state index contributed by atoms with van der Waals surface area (Å²) in [6, 6.07) is 6.11. The molecule has 5 nitrogen and oxygen atoms in total. The molecule has 0 aliphatic carbocycles. The van der Waals surface area contributed by atoms with Crippen molar-refractivity contribution in [2.45, 2.75) is 13.5 Å². The summed E-state index contributed by atoms with van der Waals surface area (Å²) in [4.78, 5) is 11.0. The lowest BCUT2D eigenvalue weighted by molar-refractivity contribution is 0.100. The second kappa shape index (κ2) is 5.01. The average Bonchev–Trinajstić information content (AvgIpc) is 2.79. The van der Waals surface area contributed by atoms with Crippen molar-refractivity contribution in [1.82, 2.24) is 15.1 Å². The summed E-state index contributed by atoms with van der Waals surface area (Å²) in [5, 5.41) is 7.25. The summed E-state index contributed by atoms with van der Waals surface area (Å²) in [7, 11) is 1.91. The van der Waals surface area contributed by atoms with Gasteiger partial charge in [0.25, 0.3) is 5.91 Å². The van der Waals surface area contributed by atoms with Crippen molar-refractivity contribution >= 4 is 5.91 Å². The van der Waals surface area contributed by atoms with E-state index in [0.717, 1.165) is 17.8 Å². The Morgan fingerprint density at radius 1 is 1.50 bits per heavy atom. The lowest BCUT2D eigenvalue weighted by Crippen LogP contribution is -2.09. The number of aromatic nitrogens is 2. The van der Waals surface area contributed by atoms with Gasteiger partial charge in [0.15, 0.2) is 0 Å². The fraction of sp³-hybridized carbons (Fsp3) is 0.231. The van der Waals surface area contributed by atoms with E-state index in [0.29, 0.717) is 5.56 Å². The number of nitrogens with two attached hydrogens (primary N) is 1. The largest absolute Gasteiger partial charge is 0.366 e. The number of amides is 1. The van der Waals surface area contributed by atoms with E-state index in [1.165, 1.54) is 11.8 Å². The van der Waals surface area contributed by atoms with E-state index in [2.05, 4.69) is 16.5 Å². The second-order valence-corrected chi connectivity index (χ2v) is 4.19. The van der Waals surface area contributed by atoms with Gasteiger partial charge in [0.1, 0.15) is 0 Å². The molecule has 0 aliphatic rings. The van der Waals surface area contributed by atoms with Crippen molar-refractivity contribution in [2.75, 3.05) is 7.05 Å². The maximum atomic E-state index is 11.0. The van der Waals surface area contributed by atoms with Crippen LogP contribution in [0.5, 0.6) is 0 Å². The molecular formula is C13H16N4O. The van der Waals surface area contributed by atoms with Crippen molar-refractivity contribution in [1.29, 1.82) is 0 Å². The summed E-state index contributed by atoms with van der Waals surface area (Å²) >= 11 is 0. The smallest absolute Gasteiger partial charge is 0.251 e. The van der Waals surface area contributed by atoms with Crippen LogP contribution in [0.3, 0.4) is 0 Å². The lowest BCUT2D eigenvalue weighted by atomic mass is 10.1. The van der Waals surface area contributed by atoms with Crippen LogP contribution < -0.4 is 11.1 Å². The Hall–Kier alpha value is -2.14. The predicted octanol–water partition coefficient (Wildman–Crippen LogP) is 0.999. The average molecular weight is 244 g/mol. The molecule has 0 saturated carbocycles. The molecule has 0 spiro atoms. The van der Waals surface area contributed by atoms with Crippen LogP contribution in [-0.2, 0) is 6.54 Å². The van der Waals surface area contributed by atoms with Crippen molar-refractivity contribution in [3.8, 4) is 5.69 Å². The molecule has 2 aromatic rings. The van der Waals surface area contributed by atoms with Crippen LogP contribution in [0.1, 0.15) is 21.5 Å². The lowest BCUT2D eigenvalue weighted by Gasteiger charge is -2.08. The molecule has 0 fully saturated rings. The summed E-state index contributed by atoms with van der Waals surface area (Å²) in [5.74, 6) is -0.467. The Balaban J connectivity index is 2.35. The number of hydrogen-bond acceptors (Lipinski definition) is 3. The van der Waals surface area contributed by atoms with E-state index in [4.69, 9.17) is 5.73 Å². The first kappa shape index (κ1) is 12.3. The highest BCUT2D eigenvalue weighted by Crippen LogP contribution is 2.15. The third-order valence-electron chi connectivity index (χ3n) is 2.76. The third-order valence-corrected chi connectivity index (χ3v) is 2.76. The summed E-state index contributed by atoms with van der Waals surface area (Å²) in [6.45, 7) is 2.84. The fourth-order valence-electron chi connectivity index (χ4n) is 1.87. The normalized spacial score (nSPS) is 10.6. The predicted molar refractivity (Wildman–Crippen MR) is 69.6 cm³/mol. The molecule has 18 heavy (non-hydrogen) atoms. The van der Waals surface area contributed by atoms with Crippen molar-refractivity contribution in [3.63, 3.8) is 0 Å². The molecule has 1 aromatic carbocycles. The summed E-state index contributed by atoms with van der Waals surface area (Å²) < 4.78 is 1.67. The van der Waals surface area contributed by atoms with Gasteiger partial charge in [-0.3, -0.25) is 4.79 Å². The van der Waals surface area contributed by atoms with Crippen LogP contribution in [0.2, 0.25) is 0 Å². The molecule has 1 heterocycles. The number of nitrogens with zero attached hydrogens (tertiary/aromatic N) is 2. The Morgan fingerprint density at radius 2 is 2.28 bits per heavy atom. The molecule has 5 heteroatoms. The fourth-order valence-corrected chi connectivity index (χ4v) is 1.87.